The van der Waals surface area contributed by atoms with Crippen LogP contribution in [-0.2, 0) is 9.53 Å². The molecule has 1 fully saturated rings. The molecule has 2 unspecified atom stereocenters. The minimum absolute atomic E-state index is 0.110. The zero-order valence-electron chi connectivity index (χ0n) is 12.5. The van der Waals surface area contributed by atoms with Gasteiger partial charge in [0.05, 0.1) is 0 Å². The summed E-state index contributed by atoms with van der Waals surface area (Å²) >= 11 is 0. The van der Waals surface area contributed by atoms with Gasteiger partial charge in [-0.25, -0.2) is 0 Å². The first-order chi connectivity index (χ1) is 8.46. The molecule has 1 aliphatic rings. The summed E-state index contributed by atoms with van der Waals surface area (Å²) in [5.41, 5.74) is -0.705. The number of hydrogen-bond donors (Lipinski definition) is 1. The number of methoxy groups -OCH3 is 1. The molecule has 106 valence electrons. The standard InChI is InChI=1S/C14H28N2O2/c1-6-11-10-16(9-8-12(11)15-7-2)13(17)14(3,4)18-5/h11-12,15H,6-10H2,1-5H3. The molecule has 4 heteroatoms. The molecule has 0 aromatic heterocycles. The van der Waals surface area contributed by atoms with Gasteiger partial charge in [-0.05, 0) is 32.7 Å². The average Bonchev–Trinajstić information content (AvgIpc) is 2.38. The molecule has 0 spiro atoms. The van der Waals surface area contributed by atoms with Gasteiger partial charge in [0.15, 0.2) is 0 Å². The maximum absolute atomic E-state index is 12.4. The number of likely N-dealkylation sites (tertiary alicyclic amines) is 1. The summed E-state index contributed by atoms with van der Waals surface area (Å²) in [4.78, 5) is 14.3. The van der Waals surface area contributed by atoms with Gasteiger partial charge in [-0.15, -0.1) is 0 Å². The highest BCUT2D eigenvalue weighted by molar-refractivity contribution is 5.84. The average molecular weight is 256 g/mol. The predicted octanol–water partition coefficient (Wildman–Crippen LogP) is 1.65. The molecule has 1 rings (SSSR count). The van der Waals surface area contributed by atoms with Crippen molar-refractivity contribution < 1.29 is 9.53 Å². The van der Waals surface area contributed by atoms with E-state index < -0.39 is 5.60 Å². The minimum atomic E-state index is -0.705. The lowest BCUT2D eigenvalue weighted by atomic mass is 9.89. The first kappa shape index (κ1) is 15.4. The Balaban J connectivity index is 2.65. The zero-order chi connectivity index (χ0) is 13.8. The predicted molar refractivity (Wildman–Crippen MR) is 73.5 cm³/mol. The van der Waals surface area contributed by atoms with E-state index in [0.29, 0.717) is 12.0 Å². The fourth-order valence-electron chi connectivity index (χ4n) is 2.63. The SMILES string of the molecule is CCNC1CCN(C(=O)C(C)(C)OC)CC1CC. The number of hydrogen-bond acceptors (Lipinski definition) is 3. The molecule has 0 aromatic rings. The minimum Gasteiger partial charge on any atom is -0.369 e. The van der Waals surface area contributed by atoms with Gasteiger partial charge in [-0.1, -0.05) is 20.3 Å². The van der Waals surface area contributed by atoms with Gasteiger partial charge in [-0.3, -0.25) is 4.79 Å². The normalized spacial score (nSPS) is 25.3. The van der Waals surface area contributed by atoms with Crippen molar-refractivity contribution >= 4 is 5.91 Å². The largest absolute Gasteiger partial charge is 0.369 e. The van der Waals surface area contributed by atoms with Crippen molar-refractivity contribution in [2.75, 3.05) is 26.7 Å². The number of carbonyl (C=O) groups is 1. The van der Waals surface area contributed by atoms with Crippen LogP contribution in [-0.4, -0.2) is 49.2 Å². The fraction of sp³-hybridized carbons (Fsp3) is 0.929. The Morgan fingerprint density at radius 1 is 1.44 bits per heavy atom. The third-order valence-electron chi connectivity index (χ3n) is 4.04. The van der Waals surface area contributed by atoms with Crippen molar-refractivity contribution in [3.05, 3.63) is 0 Å². The van der Waals surface area contributed by atoms with Crippen LogP contribution in [0.25, 0.3) is 0 Å². The summed E-state index contributed by atoms with van der Waals surface area (Å²) < 4.78 is 5.29. The van der Waals surface area contributed by atoms with Crippen molar-refractivity contribution in [1.29, 1.82) is 0 Å². The second-order valence-electron chi connectivity index (χ2n) is 5.59. The van der Waals surface area contributed by atoms with Crippen LogP contribution >= 0.6 is 0 Å². The molecule has 4 nitrogen and oxygen atoms in total. The Morgan fingerprint density at radius 3 is 2.61 bits per heavy atom. The van der Waals surface area contributed by atoms with Crippen molar-refractivity contribution in [3.8, 4) is 0 Å². The maximum atomic E-state index is 12.4. The third-order valence-corrected chi connectivity index (χ3v) is 4.04. The van der Waals surface area contributed by atoms with Gasteiger partial charge >= 0.3 is 0 Å². The van der Waals surface area contributed by atoms with Crippen LogP contribution in [0.1, 0.15) is 40.5 Å². The Hall–Kier alpha value is -0.610. The van der Waals surface area contributed by atoms with E-state index in [-0.39, 0.29) is 5.91 Å². The van der Waals surface area contributed by atoms with Crippen LogP contribution < -0.4 is 5.32 Å². The number of nitrogens with one attached hydrogen (secondary N) is 1. The molecule has 1 saturated heterocycles. The fourth-order valence-corrected chi connectivity index (χ4v) is 2.63. The quantitative estimate of drug-likeness (QED) is 0.813. The second kappa shape index (κ2) is 6.53. The molecular formula is C14H28N2O2. The summed E-state index contributed by atoms with van der Waals surface area (Å²) in [6.45, 7) is 10.7. The molecule has 0 saturated carbocycles. The molecule has 1 amide bonds. The van der Waals surface area contributed by atoms with E-state index in [4.69, 9.17) is 4.74 Å². The highest BCUT2D eigenvalue weighted by Gasteiger charge is 2.36. The number of amides is 1. The lowest BCUT2D eigenvalue weighted by Crippen LogP contribution is -2.55. The van der Waals surface area contributed by atoms with Crippen LogP contribution in [0.5, 0.6) is 0 Å². The highest BCUT2D eigenvalue weighted by Crippen LogP contribution is 2.23. The molecular weight excluding hydrogens is 228 g/mol. The topological polar surface area (TPSA) is 41.6 Å². The van der Waals surface area contributed by atoms with Crippen LogP contribution in [0.3, 0.4) is 0 Å². The molecule has 2 atom stereocenters. The molecule has 0 aliphatic carbocycles. The highest BCUT2D eigenvalue weighted by atomic mass is 16.5. The summed E-state index contributed by atoms with van der Waals surface area (Å²) in [5, 5.41) is 3.53. The first-order valence-electron chi connectivity index (χ1n) is 7.04. The lowest BCUT2D eigenvalue weighted by molar-refractivity contribution is -0.153. The van der Waals surface area contributed by atoms with Crippen molar-refractivity contribution in [1.82, 2.24) is 10.2 Å². The molecule has 18 heavy (non-hydrogen) atoms. The summed E-state index contributed by atoms with van der Waals surface area (Å²) in [6.07, 6.45) is 2.15. The van der Waals surface area contributed by atoms with E-state index in [0.717, 1.165) is 32.5 Å². The molecule has 1 heterocycles. The van der Waals surface area contributed by atoms with E-state index >= 15 is 0 Å². The number of piperidine rings is 1. The molecule has 0 aromatic carbocycles. The molecule has 1 aliphatic heterocycles. The molecule has 0 radical (unpaired) electrons. The van der Waals surface area contributed by atoms with E-state index in [1.165, 1.54) is 0 Å². The Morgan fingerprint density at radius 2 is 2.11 bits per heavy atom. The second-order valence-corrected chi connectivity index (χ2v) is 5.59. The molecule has 1 N–H and O–H groups in total. The van der Waals surface area contributed by atoms with Gasteiger partial charge in [-0.2, -0.15) is 0 Å². The Bertz CT molecular complexity index is 279. The number of carbonyl (C=O) groups excluding carboxylic acids is 1. The van der Waals surface area contributed by atoms with Crippen molar-refractivity contribution in [2.24, 2.45) is 5.92 Å². The third kappa shape index (κ3) is 3.45. The van der Waals surface area contributed by atoms with Gasteiger partial charge in [0.2, 0.25) is 0 Å². The van der Waals surface area contributed by atoms with Gasteiger partial charge < -0.3 is 15.0 Å². The van der Waals surface area contributed by atoms with E-state index in [2.05, 4.69) is 19.2 Å². The maximum Gasteiger partial charge on any atom is 0.254 e. The lowest BCUT2D eigenvalue weighted by Gasteiger charge is -2.41. The van der Waals surface area contributed by atoms with Gasteiger partial charge in [0, 0.05) is 26.2 Å². The summed E-state index contributed by atoms with van der Waals surface area (Å²) in [5.74, 6) is 0.661. The van der Waals surface area contributed by atoms with Crippen LogP contribution in [0.2, 0.25) is 0 Å². The zero-order valence-corrected chi connectivity index (χ0v) is 12.5. The van der Waals surface area contributed by atoms with Crippen molar-refractivity contribution in [3.63, 3.8) is 0 Å². The number of nitrogens with zero attached hydrogens (tertiary/aromatic N) is 1. The van der Waals surface area contributed by atoms with Crippen molar-refractivity contribution in [2.45, 2.75) is 52.2 Å². The summed E-state index contributed by atoms with van der Waals surface area (Å²) in [6, 6.07) is 0.551. The van der Waals surface area contributed by atoms with Gasteiger partial charge in [0.1, 0.15) is 5.60 Å². The number of rotatable bonds is 5. The summed E-state index contributed by atoms with van der Waals surface area (Å²) in [7, 11) is 1.60. The number of ether oxygens (including phenoxy) is 1. The monoisotopic (exact) mass is 256 g/mol. The first-order valence-corrected chi connectivity index (χ1v) is 7.04. The van der Waals surface area contributed by atoms with E-state index in [1.54, 1.807) is 7.11 Å². The van der Waals surface area contributed by atoms with E-state index in [9.17, 15) is 4.79 Å². The smallest absolute Gasteiger partial charge is 0.254 e. The van der Waals surface area contributed by atoms with Crippen LogP contribution in [0.15, 0.2) is 0 Å². The van der Waals surface area contributed by atoms with Crippen LogP contribution in [0.4, 0.5) is 0 Å². The molecule has 0 bridgehead atoms. The Labute approximate surface area is 111 Å². The van der Waals surface area contributed by atoms with Crippen LogP contribution in [0, 0.1) is 5.92 Å². The Kier molecular flexibility index (Phi) is 5.60. The van der Waals surface area contributed by atoms with Gasteiger partial charge in [0.25, 0.3) is 5.91 Å². The van der Waals surface area contributed by atoms with E-state index in [1.807, 2.05) is 18.7 Å².